The first-order chi connectivity index (χ1) is 9.91. The van der Waals surface area contributed by atoms with Crippen molar-refractivity contribution in [3.05, 3.63) is 68.7 Å². The molecule has 0 aliphatic heterocycles. The summed E-state index contributed by atoms with van der Waals surface area (Å²) in [6.07, 6.45) is 0. The Labute approximate surface area is 138 Å². The van der Waals surface area contributed by atoms with Crippen LogP contribution >= 0.6 is 27.5 Å². The first-order valence-corrected chi connectivity index (χ1v) is 7.86. The van der Waals surface area contributed by atoms with Crippen LogP contribution in [0.4, 0.5) is 0 Å². The molecular weight excluding hydrogens is 350 g/mol. The van der Waals surface area contributed by atoms with Crippen molar-refractivity contribution in [1.82, 2.24) is 4.90 Å². The smallest absolute Gasteiger partial charge is 0.254 e. The summed E-state index contributed by atoms with van der Waals surface area (Å²) in [6, 6.07) is 13.1. The van der Waals surface area contributed by atoms with Crippen LogP contribution in [0.1, 0.15) is 34.5 Å². The molecule has 110 valence electrons. The molecule has 2 aromatic carbocycles. The van der Waals surface area contributed by atoms with Crippen molar-refractivity contribution in [2.24, 2.45) is 0 Å². The molecule has 0 aromatic heterocycles. The predicted molar refractivity (Wildman–Crippen MR) is 90.8 cm³/mol. The lowest BCUT2D eigenvalue weighted by molar-refractivity contribution is 0.0742. The summed E-state index contributed by atoms with van der Waals surface area (Å²) in [5, 5.41) is 0.676. The van der Waals surface area contributed by atoms with Crippen molar-refractivity contribution in [2.75, 3.05) is 7.05 Å². The van der Waals surface area contributed by atoms with E-state index in [1.54, 1.807) is 11.9 Å². The van der Waals surface area contributed by atoms with Crippen LogP contribution in [-0.2, 0) is 0 Å². The molecule has 0 bridgehead atoms. The number of carbonyl (C=O) groups excluding carboxylic acids is 1. The summed E-state index contributed by atoms with van der Waals surface area (Å²) in [5.74, 6) is -0.0249. The molecule has 0 aliphatic rings. The van der Waals surface area contributed by atoms with E-state index in [1.165, 1.54) is 0 Å². The van der Waals surface area contributed by atoms with Crippen molar-refractivity contribution in [1.29, 1.82) is 0 Å². The van der Waals surface area contributed by atoms with Gasteiger partial charge in [0.15, 0.2) is 0 Å². The Bertz CT molecular complexity index is 672. The van der Waals surface area contributed by atoms with Crippen LogP contribution < -0.4 is 0 Å². The van der Waals surface area contributed by atoms with Gasteiger partial charge in [-0.1, -0.05) is 51.8 Å². The molecule has 21 heavy (non-hydrogen) atoms. The first kappa shape index (κ1) is 16.1. The van der Waals surface area contributed by atoms with Crippen LogP contribution in [0.3, 0.4) is 0 Å². The van der Waals surface area contributed by atoms with Crippen LogP contribution in [0.25, 0.3) is 0 Å². The third-order valence-corrected chi connectivity index (χ3v) is 4.87. The van der Waals surface area contributed by atoms with Crippen LogP contribution in [-0.4, -0.2) is 17.9 Å². The van der Waals surface area contributed by atoms with E-state index in [9.17, 15) is 4.79 Å². The molecule has 0 spiro atoms. The number of carbonyl (C=O) groups is 1. The Morgan fingerprint density at radius 1 is 1.24 bits per heavy atom. The minimum atomic E-state index is -0.0914. The number of hydrogen-bond acceptors (Lipinski definition) is 1. The topological polar surface area (TPSA) is 20.3 Å². The zero-order valence-corrected chi connectivity index (χ0v) is 14.6. The van der Waals surface area contributed by atoms with E-state index in [1.807, 2.05) is 56.3 Å². The van der Waals surface area contributed by atoms with Gasteiger partial charge in [0.1, 0.15) is 0 Å². The van der Waals surface area contributed by atoms with Gasteiger partial charge in [-0.05, 0) is 43.2 Å². The largest absolute Gasteiger partial charge is 0.335 e. The van der Waals surface area contributed by atoms with Crippen molar-refractivity contribution >= 4 is 33.4 Å². The Morgan fingerprint density at radius 3 is 2.52 bits per heavy atom. The molecule has 0 fully saturated rings. The lowest BCUT2D eigenvalue weighted by atomic mass is 10.1. The maximum absolute atomic E-state index is 12.6. The summed E-state index contributed by atoms with van der Waals surface area (Å²) in [7, 11) is 1.80. The van der Waals surface area contributed by atoms with E-state index in [-0.39, 0.29) is 11.9 Å². The number of halogens is 2. The molecule has 1 amide bonds. The Morgan fingerprint density at radius 2 is 1.90 bits per heavy atom. The molecule has 0 saturated carbocycles. The number of amides is 1. The molecular formula is C17H17BrClNO. The average Bonchev–Trinajstić information content (AvgIpc) is 2.48. The van der Waals surface area contributed by atoms with Crippen molar-refractivity contribution in [3.8, 4) is 0 Å². The van der Waals surface area contributed by atoms with Gasteiger partial charge in [-0.3, -0.25) is 4.79 Å². The van der Waals surface area contributed by atoms with Gasteiger partial charge in [-0.15, -0.1) is 0 Å². The average molecular weight is 367 g/mol. The fraction of sp³-hybridized carbons (Fsp3) is 0.235. The quantitative estimate of drug-likeness (QED) is 0.727. The molecule has 4 heteroatoms. The maximum Gasteiger partial charge on any atom is 0.254 e. The van der Waals surface area contributed by atoms with Crippen LogP contribution in [0.5, 0.6) is 0 Å². The van der Waals surface area contributed by atoms with Crippen LogP contribution in [0, 0.1) is 6.92 Å². The lowest BCUT2D eigenvalue weighted by Crippen LogP contribution is -2.29. The molecule has 0 N–H and O–H groups in total. The normalized spacial score (nSPS) is 12.0. The standard InChI is InChI=1S/C17H17BrClNO/c1-11-8-9-13(10-15(11)18)17(21)20(3)12(2)14-6-4-5-7-16(14)19/h4-10,12H,1-3H3. The highest BCUT2D eigenvalue weighted by Gasteiger charge is 2.20. The number of rotatable bonds is 3. The predicted octanol–water partition coefficient (Wildman–Crippen LogP) is 5.24. The fourth-order valence-corrected chi connectivity index (χ4v) is 2.80. The number of hydrogen-bond donors (Lipinski definition) is 0. The lowest BCUT2D eigenvalue weighted by Gasteiger charge is -2.26. The van der Waals surface area contributed by atoms with Gasteiger partial charge in [0.2, 0.25) is 0 Å². The van der Waals surface area contributed by atoms with Crippen molar-refractivity contribution < 1.29 is 4.79 Å². The maximum atomic E-state index is 12.6. The number of nitrogens with zero attached hydrogens (tertiary/aromatic N) is 1. The Kier molecular flexibility index (Phi) is 5.07. The van der Waals surface area contributed by atoms with E-state index in [0.717, 1.165) is 15.6 Å². The zero-order valence-electron chi connectivity index (χ0n) is 12.2. The summed E-state index contributed by atoms with van der Waals surface area (Å²) in [5.41, 5.74) is 2.71. The molecule has 2 aromatic rings. The second-order valence-corrected chi connectivity index (χ2v) is 6.34. The SMILES string of the molecule is Cc1ccc(C(=O)N(C)C(C)c2ccccc2Cl)cc1Br. The highest BCUT2D eigenvalue weighted by Crippen LogP contribution is 2.28. The molecule has 0 heterocycles. The molecule has 2 rings (SSSR count). The van der Waals surface area contributed by atoms with E-state index in [2.05, 4.69) is 15.9 Å². The first-order valence-electron chi connectivity index (χ1n) is 6.69. The number of benzene rings is 2. The molecule has 0 aliphatic carbocycles. The van der Waals surface area contributed by atoms with Gasteiger partial charge in [-0.25, -0.2) is 0 Å². The highest BCUT2D eigenvalue weighted by molar-refractivity contribution is 9.10. The summed E-state index contributed by atoms with van der Waals surface area (Å²) < 4.78 is 0.937. The van der Waals surface area contributed by atoms with Crippen molar-refractivity contribution in [2.45, 2.75) is 19.9 Å². The zero-order chi connectivity index (χ0) is 15.6. The monoisotopic (exact) mass is 365 g/mol. The van der Waals surface area contributed by atoms with Gasteiger partial charge in [0.25, 0.3) is 5.91 Å². The fourth-order valence-electron chi connectivity index (χ4n) is 2.13. The van der Waals surface area contributed by atoms with E-state index >= 15 is 0 Å². The summed E-state index contributed by atoms with van der Waals surface area (Å²) >= 11 is 9.68. The number of aryl methyl sites for hydroxylation is 1. The van der Waals surface area contributed by atoms with Gasteiger partial charge < -0.3 is 4.90 Å². The highest BCUT2D eigenvalue weighted by atomic mass is 79.9. The Balaban J connectivity index is 2.26. The van der Waals surface area contributed by atoms with E-state index in [0.29, 0.717) is 10.6 Å². The van der Waals surface area contributed by atoms with E-state index < -0.39 is 0 Å². The Hall–Kier alpha value is -1.32. The molecule has 1 unspecified atom stereocenters. The third kappa shape index (κ3) is 3.47. The molecule has 0 radical (unpaired) electrons. The van der Waals surface area contributed by atoms with Gasteiger partial charge in [0, 0.05) is 22.1 Å². The summed E-state index contributed by atoms with van der Waals surface area (Å²) in [6.45, 7) is 3.97. The summed E-state index contributed by atoms with van der Waals surface area (Å²) in [4.78, 5) is 14.3. The van der Waals surface area contributed by atoms with Crippen LogP contribution in [0.15, 0.2) is 46.9 Å². The second kappa shape index (κ2) is 6.63. The van der Waals surface area contributed by atoms with Gasteiger partial charge in [0.05, 0.1) is 6.04 Å². The van der Waals surface area contributed by atoms with E-state index in [4.69, 9.17) is 11.6 Å². The minimum Gasteiger partial charge on any atom is -0.335 e. The van der Waals surface area contributed by atoms with Gasteiger partial charge in [-0.2, -0.15) is 0 Å². The van der Waals surface area contributed by atoms with Crippen LogP contribution in [0.2, 0.25) is 5.02 Å². The second-order valence-electron chi connectivity index (χ2n) is 5.08. The minimum absolute atomic E-state index is 0.0249. The molecule has 0 saturated heterocycles. The molecule has 1 atom stereocenters. The third-order valence-electron chi connectivity index (χ3n) is 3.68. The molecule has 2 nitrogen and oxygen atoms in total. The van der Waals surface area contributed by atoms with Gasteiger partial charge >= 0.3 is 0 Å². The van der Waals surface area contributed by atoms with Crippen molar-refractivity contribution in [3.63, 3.8) is 0 Å².